The molecule has 0 aliphatic rings. The van der Waals surface area contributed by atoms with Crippen molar-refractivity contribution in [1.29, 1.82) is 0 Å². The van der Waals surface area contributed by atoms with Crippen molar-refractivity contribution in [1.82, 2.24) is 0 Å². The van der Waals surface area contributed by atoms with Crippen molar-refractivity contribution in [2.45, 2.75) is 0 Å². The van der Waals surface area contributed by atoms with Gasteiger partial charge in [0.05, 0.1) is 0 Å². The monoisotopic (exact) mass is 464 g/mol. The molecule has 0 fully saturated rings. The molecule has 0 heterocycles. The molecule has 0 aromatic heterocycles. The average Bonchev–Trinajstić information content (AvgIpc) is 1.12. The van der Waals surface area contributed by atoms with E-state index < -0.39 is 33.5 Å². The molecular weight excluding hydrogens is 460 g/mol. The van der Waals surface area contributed by atoms with Crippen LogP contribution >= 0.6 is 0 Å². The van der Waals surface area contributed by atoms with Gasteiger partial charge in [-0.3, -0.25) is 0 Å². The topological polar surface area (TPSA) is 161 Å². The Balaban J connectivity index is -0.000000107. The van der Waals surface area contributed by atoms with Crippen molar-refractivity contribution in [3.63, 3.8) is 0 Å². The molecule has 64 valence electrons. The fourth-order valence-corrected chi connectivity index (χ4v) is 0. The molecule has 11 heavy (non-hydrogen) atoms. The molecule has 0 aromatic rings. The Labute approximate surface area is 102 Å². The molecule has 8 nitrogen and oxygen atoms in total. The van der Waals surface area contributed by atoms with Gasteiger partial charge in [-0.1, -0.05) is 0 Å². The van der Waals surface area contributed by atoms with E-state index in [9.17, 15) is 0 Å². The van der Waals surface area contributed by atoms with Gasteiger partial charge >= 0.3 is 104 Å². The summed E-state index contributed by atoms with van der Waals surface area (Å²) >= 11 is -12.0. The summed E-state index contributed by atoms with van der Waals surface area (Å²) in [6.07, 6.45) is 0. The van der Waals surface area contributed by atoms with E-state index in [0.29, 0.717) is 0 Å². The van der Waals surface area contributed by atoms with E-state index in [2.05, 4.69) is 0 Å². The van der Waals surface area contributed by atoms with Crippen LogP contribution in [0.1, 0.15) is 0 Å². The Kier molecular flexibility index (Phi) is 12.2. The summed E-state index contributed by atoms with van der Waals surface area (Å²) in [5.74, 6) is 0. The Morgan fingerprint density at radius 3 is 0.636 bits per heavy atom. The second-order valence-electron chi connectivity index (χ2n) is 0.816. The molecular formula is CeMo2O8. The van der Waals surface area contributed by atoms with Gasteiger partial charge in [0.15, 0.2) is 0 Å². The zero-order valence-corrected chi connectivity index (χ0v) is 11.7. The van der Waals surface area contributed by atoms with E-state index in [-0.39, 0.29) is 41.7 Å². The summed E-state index contributed by atoms with van der Waals surface area (Å²) in [4.78, 5) is 0. The molecule has 0 rings (SSSR count). The first-order valence-electron chi connectivity index (χ1n) is 1.33. The number of hydrogen-bond acceptors (Lipinski definition) is 8. The first-order valence-corrected chi connectivity index (χ1v) is 7.89. The predicted octanol–water partition coefficient (Wildman–Crippen LogP) is -5.24. The van der Waals surface area contributed by atoms with Crippen LogP contribution in [0, 0.1) is 41.7 Å². The van der Waals surface area contributed by atoms with Crippen LogP contribution in [-0.4, -0.2) is 0 Å². The molecule has 0 atom stereocenters. The van der Waals surface area contributed by atoms with Crippen LogP contribution in [0.5, 0.6) is 0 Å². The van der Waals surface area contributed by atoms with Gasteiger partial charge in [-0.05, 0) is 0 Å². The molecule has 0 aromatic carbocycles. The summed E-state index contributed by atoms with van der Waals surface area (Å²) in [6.45, 7) is 0. The summed E-state index contributed by atoms with van der Waals surface area (Å²) in [5, 5.41) is 0. The molecule has 0 spiro atoms. The van der Waals surface area contributed by atoms with Crippen LogP contribution in [0.2, 0.25) is 0 Å². The zero-order chi connectivity index (χ0) is 9.00. The molecule has 0 N–H and O–H groups in total. The van der Waals surface area contributed by atoms with Gasteiger partial charge < -0.3 is 0 Å². The van der Waals surface area contributed by atoms with Crippen LogP contribution in [0.15, 0.2) is 0 Å². The normalized spacial score (nSPS) is 10.5. The van der Waals surface area contributed by atoms with Crippen LogP contribution in [0.25, 0.3) is 0 Å². The second-order valence-corrected chi connectivity index (χ2v) is 4.83. The van der Waals surface area contributed by atoms with Crippen LogP contribution in [0.3, 0.4) is 0 Å². The molecule has 0 bridgehead atoms. The van der Waals surface area contributed by atoms with E-state index in [1.165, 1.54) is 0 Å². The fourth-order valence-electron chi connectivity index (χ4n) is 0. The minimum atomic E-state index is -6.02. The van der Waals surface area contributed by atoms with Gasteiger partial charge in [-0.2, -0.15) is 0 Å². The predicted molar refractivity (Wildman–Crippen MR) is 2.75 cm³/mol. The van der Waals surface area contributed by atoms with Gasteiger partial charge in [-0.25, -0.2) is 0 Å². The van der Waals surface area contributed by atoms with Crippen LogP contribution in [-0.2, 0) is 47.1 Å². The number of rotatable bonds is 0. The summed E-state index contributed by atoms with van der Waals surface area (Å²) in [7, 11) is 0. The van der Waals surface area contributed by atoms with Crippen molar-refractivity contribution in [2.75, 3.05) is 0 Å². The molecule has 0 amide bonds. The van der Waals surface area contributed by atoms with Crippen LogP contribution < -0.4 is 15.0 Å². The van der Waals surface area contributed by atoms with E-state index in [4.69, 9.17) is 28.6 Å². The van der Waals surface area contributed by atoms with E-state index in [1.54, 1.807) is 0 Å². The maximum atomic E-state index is 8.63. The van der Waals surface area contributed by atoms with Crippen molar-refractivity contribution in [3.05, 3.63) is 0 Å². The summed E-state index contributed by atoms with van der Waals surface area (Å²) in [6, 6.07) is 0. The van der Waals surface area contributed by atoms with E-state index in [1.807, 2.05) is 0 Å². The minimum absolute atomic E-state index is 0. The van der Waals surface area contributed by atoms with E-state index >= 15 is 0 Å². The number of hydrogen-bond donors (Lipinski definition) is 0. The fraction of sp³-hybridized carbons (Fsp3) is 0. The third-order valence-corrected chi connectivity index (χ3v) is 0. The first-order chi connectivity index (χ1) is 4.00. The third-order valence-electron chi connectivity index (χ3n) is 0. The second kappa shape index (κ2) is 7.22. The summed E-state index contributed by atoms with van der Waals surface area (Å²) < 4.78 is 69.0. The van der Waals surface area contributed by atoms with Gasteiger partial charge in [0.25, 0.3) is 0 Å². The SMILES string of the molecule is [Ce+4].[O]=[Mo](=[O])([O-])[O-].[O]=[Mo](=[O])([O-])[O-]. The first kappa shape index (κ1) is 18.6. The quantitative estimate of drug-likeness (QED) is 0.324. The molecule has 11 heteroatoms. The van der Waals surface area contributed by atoms with Crippen molar-refractivity contribution < 1.29 is 104 Å². The van der Waals surface area contributed by atoms with Crippen LogP contribution in [0.4, 0.5) is 0 Å². The molecule has 0 unspecified atom stereocenters. The molecule has 0 radical (unpaired) electrons. The van der Waals surface area contributed by atoms with Gasteiger partial charge in [0.2, 0.25) is 0 Å². The van der Waals surface area contributed by atoms with Crippen molar-refractivity contribution in [2.24, 2.45) is 0 Å². The Morgan fingerprint density at radius 1 is 0.636 bits per heavy atom. The maximum absolute atomic E-state index is 8.63. The van der Waals surface area contributed by atoms with Gasteiger partial charge in [0.1, 0.15) is 0 Å². The third kappa shape index (κ3) is 352. The Hall–Kier alpha value is 1.79. The molecule has 0 aliphatic heterocycles. The average molecular weight is 460 g/mol. The van der Waals surface area contributed by atoms with E-state index in [0.717, 1.165) is 0 Å². The summed E-state index contributed by atoms with van der Waals surface area (Å²) in [5.41, 5.74) is 0. The molecule has 0 saturated heterocycles. The Morgan fingerprint density at radius 2 is 0.636 bits per heavy atom. The zero-order valence-electron chi connectivity index (χ0n) is 4.58. The van der Waals surface area contributed by atoms with Gasteiger partial charge in [-0.15, -0.1) is 0 Å². The van der Waals surface area contributed by atoms with Crippen molar-refractivity contribution >= 4 is 0 Å². The molecule has 0 saturated carbocycles. The Bertz CT molecular complexity index is 208. The van der Waals surface area contributed by atoms with Gasteiger partial charge in [0, 0.05) is 0 Å². The standard InChI is InChI=1S/Ce.2Mo.8O/q+4;;;;;;;4*-1. The van der Waals surface area contributed by atoms with Crippen molar-refractivity contribution in [3.8, 4) is 0 Å². The molecule has 0 aliphatic carbocycles.